The molecule has 21 heavy (non-hydrogen) atoms. The zero-order chi connectivity index (χ0) is 15.6. The molecule has 0 fully saturated rings. The van der Waals surface area contributed by atoms with Gasteiger partial charge in [-0.25, -0.2) is 4.98 Å². The van der Waals surface area contributed by atoms with Gasteiger partial charge in [0.05, 0.1) is 5.52 Å². The highest BCUT2D eigenvalue weighted by Crippen LogP contribution is 2.22. The van der Waals surface area contributed by atoms with E-state index in [9.17, 15) is 9.90 Å². The average Bonchev–Trinajstić information content (AvgIpc) is 2.44. The van der Waals surface area contributed by atoms with Gasteiger partial charge < -0.3 is 5.11 Å². The van der Waals surface area contributed by atoms with Crippen LogP contribution in [0.5, 0.6) is 0 Å². The van der Waals surface area contributed by atoms with Crippen molar-refractivity contribution in [3.05, 3.63) is 40.5 Å². The van der Waals surface area contributed by atoms with E-state index >= 15 is 0 Å². The Kier molecular flexibility index (Phi) is 4.49. The van der Waals surface area contributed by atoms with Crippen LogP contribution in [0.4, 0.5) is 0 Å². The fourth-order valence-corrected chi connectivity index (χ4v) is 2.28. The van der Waals surface area contributed by atoms with E-state index in [0.29, 0.717) is 18.1 Å². The Labute approximate surface area is 129 Å². The number of carboxylic acid groups (broad SMARTS) is 1. The Hall–Kier alpha value is -1.65. The lowest BCUT2D eigenvalue weighted by atomic mass is 9.99. The summed E-state index contributed by atoms with van der Waals surface area (Å²) in [6.07, 6.45) is 0.486. The number of hydrogen-bond donors (Lipinski definition) is 2. The lowest BCUT2D eigenvalue weighted by molar-refractivity contribution is -0.144. The molecule has 0 spiro atoms. The number of nitrogens with one attached hydrogen (secondary N) is 1. The van der Waals surface area contributed by atoms with Crippen LogP contribution in [0.15, 0.2) is 24.3 Å². The van der Waals surface area contributed by atoms with Gasteiger partial charge in [-0.05, 0) is 38.0 Å². The first-order valence-electron chi connectivity index (χ1n) is 6.90. The minimum absolute atomic E-state index is 0.367. The second-order valence-corrected chi connectivity index (χ2v) is 5.84. The summed E-state index contributed by atoms with van der Waals surface area (Å²) in [5, 5.41) is 13.7. The topological polar surface area (TPSA) is 62.2 Å². The first-order valence-corrected chi connectivity index (χ1v) is 7.28. The number of carbonyl (C=O) groups is 1. The Bertz CT molecular complexity index is 687. The van der Waals surface area contributed by atoms with Crippen LogP contribution in [0.3, 0.4) is 0 Å². The highest BCUT2D eigenvalue weighted by Gasteiger charge is 2.30. The number of aliphatic carboxylic acids is 1. The number of halogens is 1. The molecule has 0 aliphatic rings. The summed E-state index contributed by atoms with van der Waals surface area (Å²) in [5.74, 6) is -0.870. The van der Waals surface area contributed by atoms with E-state index in [4.69, 9.17) is 11.6 Å². The second kappa shape index (κ2) is 6.00. The van der Waals surface area contributed by atoms with Gasteiger partial charge in [0.1, 0.15) is 10.7 Å². The van der Waals surface area contributed by atoms with E-state index in [1.165, 1.54) is 0 Å². The number of aryl methyl sites for hydroxylation is 1. The molecule has 1 aromatic carbocycles. The third-order valence-corrected chi connectivity index (χ3v) is 4.17. The van der Waals surface area contributed by atoms with E-state index in [-0.39, 0.29) is 0 Å². The molecule has 0 radical (unpaired) electrons. The van der Waals surface area contributed by atoms with E-state index < -0.39 is 11.5 Å². The number of rotatable bonds is 5. The second-order valence-electron chi connectivity index (χ2n) is 5.48. The first kappa shape index (κ1) is 15.7. The Morgan fingerprint density at radius 2 is 2.14 bits per heavy atom. The molecule has 1 unspecified atom stereocenters. The lowest BCUT2D eigenvalue weighted by Gasteiger charge is -2.25. The fraction of sp³-hybridized carbons (Fsp3) is 0.375. The van der Waals surface area contributed by atoms with Crippen molar-refractivity contribution in [3.8, 4) is 0 Å². The Morgan fingerprint density at radius 3 is 2.76 bits per heavy atom. The number of carboxylic acids is 1. The number of benzene rings is 1. The van der Waals surface area contributed by atoms with E-state index in [1.807, 2.05) is 38.1 Å². The fourth-order valence-electron chi connectivity index (χ4n) is 2.06. The first-order chi connectivity index (χ1) is 9.85. The maximum absolute atomic E-state index is 11.3. The third-order valence-electron chi connectivity index (χ3n) is 3.85. The summed E-state index contributed by atoms with van der Waals surface area (Å²) in [7, 11) is 0. The summed E-state index contributed by atoms with van der Waals surface area (Å²) in [6, 6.07) is 7.94. The van der Waals surface area contributed by atoms with Gasteiger partial charge in [0.25, 0.3) is 0 Å². The van der Waals surface area contributed by atoms with Crippen LogP contribution in [0.2, 0.25) is 5.15 Å². The zero-order valence-electron chi connectivity index (χ0n) is 12.4. The molecule has 4 nitrogen and oxygen atoms in total. The summed E-state index contributed by atoms with van der Waals surface area (Å²) < 4.78 is 0. The molecule has 0 aliphatic heterocycles. The van der Waals surface area contributed by atoms with Crippen molar-refractivity contribution in [1.29, 1.82) is 0 Å². The van der Waals surface area contributed by atoms with Crippen LogP contribution in [0.1, 0.15) is 31.4 Å². The van der Waals surface area contributed by atoms with E-state index in [0.717, 1.165) is 22.0 Å². The molecule has 2 aromatic rings. The lowest BCUT2D eigenvalue weighted by Crippen LogP contribution is -2.48. The largest absolute Gasteiger partial charge is 0.480 e. The summed E-state index contributed by atoms with van der Waals surface area (Å²) in [5.41, 5.74) is 1.81. The number of nitrogens with zero attached hydrogens (tertiary/aromatic N) is 1. The van der Waals surface area contributed by atoms with Crippen LogP contribution in [-0.4, -0.2) is 21.6 Å². The molecular weight excluding hydrogens is 288 g/mol. The molecule has 0 amide bonds. The monoisotopic (exact) mass is 306 g/mol. The maximum Gasteiger partial charge on any atom is 0.323 e. The molecule has 0 saturated carbocycles. The van der Waals surface area contributed by atoms with Crippen molar-refractivity contribution >= 4 is 28.5 Å². The van der Waals surface area contributed by atoms with Gasteiger partial charge in [0, 0.05) is 17.5 Å². The summed E-state index contributed by atoms with van der Waals surface area (Å²) in [4.78, 5) is 15.7. The van der Waals surface area contributed by atoms with Crippen molar-refractivity contribution in [2.75, 3.05) is 0 Å². The van der Waals surface area contributed by atoms with Crippen molar-refractivity contribution in [3.63, 3.8) is 0 Å². The van der Waals surface area contributed by atoms with Crippen LogP contribution >= 0.6 is 11.6 Å². The number of aromatic nitrogens is 1. The molecule has 0 aliphatic carbocycles. The van der Waals surface area contributed by atoms with Crippen molar-refractivity contribution in [2.45, 2.75) is 39.3 Å². The Balaban J connectivity index is 2.28. The Morgan fingerprint density at radius 1 is 1.43 bits per heavy atom. The molecule has 0 saturated heterocycles. The van der Waals surface area contributed by atoms with Gasteiger partial charge in [-0.1, -0.05) is 30.7 Å². The molecule has 0 bridgehead atoms. The van der Waals surface area contributed by atoms with Gasteiger partial charge in [-0.2, -0.15) is 0 Å². The van der Waals surface area contributed by atoms with Crippen LogP contribution in [-0.2, 0) is 11.3 Å². The highest BCUT2D eigenvalue weighted by atomic mass is 35.5. The molecule has 1 heterocycles. The third kappa shape index (κ3) is 3.34. The van der Waals surface area contributed by atoms with Crippen LogP contribution in [0.25, 0.3) is 10.9 Å². The van der Waals surface area contributed by atoms with E-state index in [2.05, 4.69) is 10.3 Å². The molecular formula is C16H19ClN2O2. The molecule has 1 atom stereocenters. The standard InChI is InChI=1S/C16H19ClN2O2/c1-4-16(3,15(20)21)18-9-12-8-11-6-5-10(2)7-13(11)19-14(12)17/h5-8,18H,4,9H2,1-3H3,(H,20,21). The van der Waals surface area contributed by atoms with Crippen molar-refractivity contribution in [2.24, 2.45) is 0 Å². The zero-order valence-corrected chi connectivity index (χ0v) is 13.2. The van der Waals surface area contributed by atoms with Gasteiger partial charge in [0.15, 0.2) is 0 Å². The molecule has 5 heteroatoms. The molecule has 2 rings (SSSR count). The molecule has 112 valence electrons. The minimum Gasteiger partial charge on any atom is -0.480 e. The SMILES string of the molecule is CCC(C)(NCc1cc2ccc(C)cc2nc1Cl)C(=O)O. The maximum atomic E-state index is 11.3. The van der Waals surface area contributed by atoms with Crippen LogP contribution < -0.4 is 5.32 Å². The summed E-state index contributed by atoms with van der Waals surface area (Å²) >= 11 is 6.21. The van der Waals surface area contributed by atoms with Crippen LogP contribution in [0, 0.1) is 6.92 Å². The predicted molar refractivity (Wildman–Crippen MR) is 84.7 cm³/mol. The van der Waals surface area contributed by atoms with Gasteiger partial charge in [-0.15, -0.1) is 0 Å². The van der Waals surface area contributed by atoms with Gasteiger partial charge in [-0.3, -0.25) is 10.1 Å². The molecule has 1 aromatic heterocycles. The number of pyridine rings is 1. The quantitative estimate of drug-likeness (QED) is 0.829. The number of fused-ring (bicyclic) bond motifs is 1. The minimum atomic E-state index is -0.967. The summed E-state index contributed by atoms with van der Waals surface area (Å²) in [6.45, 7) is 5.88. The van der Waals surface area contributed by atoms with Crippen molar-refractivity contribution < 1.29 is 9.90 Å². The van der Waals surface area contributed by atoms with E-state index in [1.54, 1.807) is 6.92 Å². The predicted octanol–water partition coefficient (Wildman–Crippen LogP) is 3.54. The molecule has 2 N–H and O–H groups in total. The van der Waals surface area contributed by atoms with Gasteiger partial charge in [0.2, 0.25) is 0 Å². The average molecular weight is 307 g/mol. The van der Waals surface area contributed by atoms with Crippen molar-refractivity contribution in [1.82, 2.24) is 10.3 Å². The number of hydrogen-bond acceptors (Lipinski definition) is 3. The van der Waals surface area contributed by atoms with Gasteiger partial charge >= 0.3 is 5.97 Å². The normalized spacial score (nSPS) is 14.1. The highest BCUT2D eigenvalue weighted by molar-refractivity contribution is 6.30. The smallest absolute Gasteiger partial charge is 0.323 e.